The molecule has 0 spiro atoms. The zero-order valence-corrected chi connectivity index (χ0v) is 10.8. The van der Waals surface area contributed by atoms with E-state index < -0.39 is 0 Å². The quantitative estimate of drug-likeness (QED) is 0.893. The van der Waals surface area contributed by atoms with Crippen molar-refractivity contribution in [2.75, 3.05) is 6.61 Å². The van der Waals surface area contributed by atoms with Crippen LogP contribution in [0.25, 0.3) is 10.9 Å². The fourth-order valence-electron chi connectivity index (χ4n) is 3.17. The van der Waals surface area contributed by atoms with Crippen molar-refractivity contribution in [2.45, 2.75) is 31.6 Å². The molecule has 0 unspecified atom stereocenters. The van der Waals surface area contributed by atoms with Crippen LogP contribution in [0.4, 0.5) is 4.39 Å². The van der Waals surface area contributed by atoms with Gasteiger partial charge in [-0.1, -0.05) is 12.1 Å². The van der Waals surface area contributed by atoms with Gasteiger partial charge in [-0.25, -0.2) is 4.39 Å². The molecule has 100 valence electrons. The first-order chi connectivity index (χ1) is 9.29. The predicted molar refractivity (Wildman–Crippen MR) is 73.5 cm³/mol. The van der Waals surface area contributed by atoms with Gasteiger partial charge in [0, 0.05) is 18.2 Å². The van der Waals surface area contributed by atoms with Crippen LogP contribution in [0.5, 0.6) is 0 Å². The van der Waals surface area contributed by atoms with E-state index in [9.17, 15) is 9.50 Å². The molecule has 1 N–H and O–H groups in total. The van der Waals surface area contributed by atoms with Gasteiger partial charge in [0.1, 0.15) is 11.3 Å². The Morgan fingerprint density at radius 3 is 2.68 bits per heavy atom. The molecule has 1 saturated carbocycles. The van der Waals surface area contributed by atoms with E-state index in [-0.39, 0.29) is 5.82 Å². The predicted octanol–water partition coefficient (Wildman–Crippen LogP) is 3.64. The van der Waals surface area contributed by atoms with Gasteiger partial charge in [-0.3, -0.25) is 4.98 Å². The van der Waals surface area contributed by atoms with E-state index in [1.165, 1.54) is 11.6 Å². The van der Waals surface area contributed by atoms with Crippen molar-refractivity contribution in [2.24, 2.45) is 5.92 Å². The molecule has 3 heteroatoms. The lowest BCUT2D eigenvalue weighted by molar-refractivity contribution is 0.182. The van der Waals surface area contributed by atoms with Gasteiger partial charge in [-0.2, -0.15) is 0 Å². The summed E-state index contributed by atoms with van der Waals surface area (Å²) in [5, 5.41) is 10.1. The molecule has 1 aliphatic rings. The van der Waals surface area contributed by atoms with Crippen molar-refractivity contribution < 1.29 is 9.50 Å². The Balaban J connectivity index is 1.95. The van der Waals surface area contributed by atoms with Gasteiger partial charge < -0.3 is 5.11 Å². The van der Waals surface area contributed by atoms with Crippen molar-refractivity contribution in [1.82, 2.24) is 4.98 Å². The Bertz CT molecular complexity index is 576. The zero-order chi connectivity index (χ0) is 13.2. The van der Waals surface area contributed by atoms with Gasteiger partial charge in [0.25, 0.3) is 0 Å². The molecule has 1 aromatic carbocycles. The molecular formula is C16H18FNO. The van der Waals surface area contributed by atoms with Crippen LogP contribution < -0.4 is 0 Å². The van der Waals surface area contributed by atoms with Crippen molar-refractivity contribution in [3.63, 3.8) is 0 Å². The lowest BCUT2D eigenvalue weighted by atomic mass is 9.78. The van der Waals surface area contributed by atoms with Crippen LogP contribution >= 0.6 is 0 Å². The first-order valence-corrected chi connectivity index (χ1v) is 6.93. The topological polar surface area (TPSA) is 33.1 Å². The Kier molecular flexibility index (Phi) is 3.47. The lowest BCUT2D eigenvalue weighted by Crippen LogP contribution is -2.16. The highest BCUT2D eigenvalue weighted by Gasteiger charge is 2.23. The normalized spacial score (nSPS) is 23.7. The van der Waals surface area contributed by atoms with E-state index in [1.807, 2.05) is 18.2 Å². The number of nitrogens with zero attached hydrogens (tertiary/aromatic N) is 1. The maximum atomic E-state index is 13.8. The van der Waals surface area contributed by atoms with Crippen LogP contribution in [0.3, 0.4) is 0 Å². The second-order valence-corrected chi connectivity index (χ2v) is 5.44. The molecular weight excluding hydrogens is 241 g/mol. The molecule has 0 atom stereocenters. The molecule has 1 aromatic heterocycles. The van der Waals surface area contributed by atoms with E-state index in [2.05, 4.69) is 4.98 Å². The second kappa shape index (κ2) is 5.25. The fourth-order valence-corrected chi connectivity index (χ4v) is 3.17. The van der Waals surface area contributed by atoms with Gasteiger partial charge in [0.15, 0.2) is 0 Å². The van der Waals surface area contributed by atoms with Gasteiger partial charge in [0.05, 0.1) is 0 Å². The highest BCUT2D eigenvalue weighted by molar-refractivity contribution is 5.83. The minimum atomic E-state index is -0.247. The zero-order valence-electron chi connectivity index (χ0n) is 10.8. The fraction of sp³-hybridized carbons (Fsp3) is 0.438. The molecule has 0 radical (unpaired) electrons. The molecule has 2 aromatic rings. The van der Waals surface area contributed by atoms with Gasteiger partial charge >= 0.3 is 0 Å². The molecule has 2 nitrogen and oxygen atoms in total. The monoisotopic (exact) mass is 259 g/mol. The summed E-state index contributed by atoms with van der Waals surface area (Å²) >= 11 is 0. The van der Waals surface area contributed by atoms with Crippen LogP contribution in [-0.2, 0) is 0 Å². The molecule has 1 aliphatic carbocycles. The molecule has 3 rings (SSSR count). The number of hydrogen-bond donors (Lipinski definition) is 1. The summed E-state index contributed by atoms with van der Waals surface area (Å²) in [4.78, 5) is 4.15. The number of aromatic nitrogens is 1. The number of halogens is 1. The average Bonchev–Trinajstić information content (AvgIpc) is 2.48. The summed E-state index contributed by atoms with van der Waals surface area (Å²) in [7, 11) is 0. The summed E-state index contributed by atoms with van der Waals surface area (Å²) in [5.74, 6) is 0.666. The number of aliphatic hydroxyl groups is 1. The second-order valence-electron chi connectivity index (χ2n) is 5.44. The number of aliphatic hydroxyl groups excluding tert-OH is 1. The van der Waals surface area contributed by atoms with Crippen LogP contribution in [-0.4, -0.2) is 16.7 Å². The third-order valence-corrected chi connectivity index (χ3v) is 4.30. The van der Waals surface area contributed by atoms with Crippen LogP contribution in [0.1, 0.15) is 37.2 Å². The Morgan fingerprint density at radius 1 is 1.16 bits per heavy atom. The molecule has 0 saturated heterocycles. The summed E-state index contributed by atoms with van der Waals surface area (Å²) in [6.45, 7) is 0.290. The lowest BCUT2D eigenvalue weighted by Gasteiger charge is -2.28. The number of hydrogen-bond acceptors (Lipinski definition) is 2. The number of rotatable bonds is 2. The summed E-state index contributed by atoms with van der Waals surface area (Å²) in [6.07, 6.45) is 5.89. The number of benzene rings is 1. The number of fused-ring (bicyclic) bond motifs is 1. The van der Waals surface area contributed by atoms with Gasteiger partial charge in [-0.05, 0) is 55.2 Å². The number of pyridine rings is 1. The van der Waals surface area contributed by atoms with Crippen molar-refractivity contribution in [1.29, 1.82) is 0 Å². The standard InChI is InChI=1S/C16H18FNO/c17-15-8-7-13(14-2-1-9-18-16(14)15)12-5-3-11(10-19)4-6-12/h1-2,7-9,11-12,19H,3-6,10H2. The summed E-state index contributed by atoms with van der Waals surface area (Å²) in [5.41, 5.74) is 1.69. The van der Waals surface area contributed by atoms with Crippen LogP contribution in [0, 0.1) is 11.7 Å². The van der Waals surface area contributed by atoms with Crippen molar-refractivity contribution in [3.8, 4) is 0 Å². The molecule has 19 heavy (non-hydrogen) atoms. The molecule has 0 amide bonds. The summed E-state index contributed by atoms with van der Waals surface area (Å²) < 4.78 is 13.8. The van der Waals surface area contributed by atoms with Crippen molar-refractivity contribution >= 4 is 10.9 Å². The van der Waals surface area contributed by atoms with E-state index in [1.54, 1.807) is 6.20 Å². The van der Waals surface area contributed by atoms with E-state index in [0.717, 1.165) is 31.1 Å². The van der Waals surface area contributed by atoms with Crippen LogP contribution in [0.2, 0.25) is 0 Å². The van der Waals surface area contributed by atoms with E-state index in [4.69, 9.17) is 0 Å². The van der Waals surface area contributed by atoms with Crippen LogP contribution in [0.15, 0.2) is 30.5 Å². The highest BCUT2D eigenvalue weighted by Crippen LogP contribution is 2.38. The largest absolute Gasteiger partial charge is 0.396 e. The maximum absolute atomic E-state index is 13.8. The van der Waals surface area contributed by atoms with Crippen molar-refractivity contribution in [3.05, 3.63) is 41.8 Å². The average molecular weight is 259 g/mol. The van der Waals surface area contributed by atoms with Gasteiger partial charge in [0.2, 0.25) is 0 Å². The highest BCUT2D eigenvalue weighted by atomic mass is 19.1. The minimum Gasteiger partial charge on any atom is -0.396 e. The Morgan fingerprint density at radius 2 is 1.95 bits per heavy atom. The third-order valence-electron chi connectivity index (χ3n) is 4.30. The first kappa shape index (κ1) is 12.5. The SMILES string of the molecule is OCC1CCC(c2ccc(F)c3ncccc23)CC1. The smallest absolute Gasteiger partial charge is 0.149 e. The summed E-state index contributed by atoms with van der Waals surface area (Å²) in [6, 6.07) is 7.26. The third kappa shape index (κ3) is 2.35. The Labute approximate surface area is 112 Å². The first-order valence-electron chi connectivity index (χ1n) is 6.93. The minimum absolute atomic E-state index is 0.247. The molecule has 0 bridgehead atoms. The molecule has 1 fully saturated rings. The van der Waals surface area contributed by atoms with E-state index >= 15 is 0 Å². The Hall–Kier alpha value is -1.48. The van der Waals surface area contributed by atoms with E-state index in [0.29, 0.717) is 24.0 Å². The maximum Gasteiger partial charge on any atom is 0.149 e. The molecule has 1 heterocycles. The van der Waals surface area contributed by atoms with Gasteiger partial charge in [-0.15, -0.1) is 0 Å². The molecule has 0 aliphatic heterocycles.